The number of piperazine rings is 1. The number of ether oxygens (including phenoxy) is 1. The van der Waals surface area contributed by atoms with E-state index in [0.717, 1.165) is 89.9 Å². The second-order valence-corrected chi connectivity index (χ2v) is 18.3. The lowest BCUT2D eigenvalue weighted by Crippen LogP contribution is -2.66. The summed E-state index contributed by atoms with van der Waals surface area (Å²) < 4.78 is 38.2. The molecule has 0 radical (unpaired) electrons. The van der Waals surface area contributed by atoms with Crippen LogP contribution in [0, 0.1) is 5.92 Å². The molecule has 4 fully saturated rings. The molecule has 2 aromatic heterocycles. The number of nitrogens with one attached hydrogen (secondary N) is 1. The number of hydrogen-bond donors (Lipinski definition) is 1. The van der Waals surface area contributed by atoms with Crippen molar-refractivity contribution >= 4 is 44.4 Å². The van der Waals surface area contributed by atoms with Crippen LogP contribution in [-0.2, 0) is 23.6 Å². The number of sulfonamides is 1. The van der Waals surface area contributed by atoms with Crippen LogP contribution < -0.4 is 9.46 Å². The molecule has 6 heterocycles. The predicted molar refractivity (Wildman–Crippen MR) is 217 cm³/mol. The molecule has 55 heavy (non-hydrogen) atoms. The highest BCUT2D eigenvalue weighted by atomic mass is 32.2. The first-order chi connectivity index (χ1) is 26.4. The molecule has 5 aliphatic rings. The highest BCUT2D eigenvalue weighted by molar-refractivity contribution is 7.90. The Bertz CT molecular complexity index is 2300. The van der Waals surface area contributed by atoms with Gasteiger partial charge in [-0.15, -0.1) is 0 Å². The monoisotopic (exact) mass is 766 g/mol. The Hall–Kier alpha value is -4.42. The number of allylic oxidation sites excluding steroid dienone is 1. The maximum Gasteiger partial charge on any atom is 0.264 e. The van der Waals surface area contributed by atoms with Gasteiger partial charge in [0.15, 0.2) is 0 Å². The number of methoxy groups -OCH3 is 1. The lowest BCUT2D eigenvalue weighted by atomic mass is 9.81. The quantitative estimate of drug-likeness (QED) is 0.194. The van der Waals surface area contributed by atoms with E-state index in [1.807, 2.05) is 29.9 Å². The summed E-state index contributed by atoms with van der Waals surface area (Å²) in [6.07, 6.45) is 11.0. The summed E-state index contributed by atoms with van der Waals surface area (Å²) in [4.78, 5) is 33.0. The van der Waals surface area contributed by atoms with Crippen molar-refractivity contribution in [2.45, 2.75) is 102 Å². The second kappa shape index (κ2) is 14.6. The van der Waals surface area contributed by atoms with Crippen LogP contribution >= 0.6 is 0 Å². The van der Waals surface area contributed by atoms with E-state index < -0.39 is 21.2 Å². The largest absolute Gasteiger partial charge is 0.497 e. The summed E-state index contributed by atoms with van der Waals surface area (Å²) >= 11 is 0. The van der Waals surface area contributed by atoms with Gasteiger partial charge in [-0.3, -0.25) is 19.2 Å². The SMILES string of the molecule is CCC(C)S(=O)(=O)NC(=O)c1ccc2c(C3CCCCC3)c3n(c2c1)CC(c1c(C(=O)N2CC4CC(C)C2CN4CC)cnn1C)=Cc1cc(OC)ccc1-3. The second-order valence-electron chi connectivity index (χ2n) is 16.2. The number of hydrogen-bond acceptors (Lipinski definition) is 7. The van der Waals surface area contributed by atoms with Crippen LogP contribution in [0.2, 0.25) is 0 Å². The van der Waals surface area contributed by atoms with Gasteiger partial charge < -0.3 is 14.2 Å². The summed E-state index contributed by atoms with van der Waals surface area (Å²) in [7, 11) is -0.273. The minimum atomic E-state index is -3.85. The molecule has 2 bridgehead atoms. The Kier molecular flexibility index (Phi) is 9.94. The third kappa shape index (κ3) is 6.48. The molecule has 4 aromatic rings. The zero-order chi connectivity index (χ0) is 38.8. The number of nitrogens with zero attached hydrogens (tertiary/aromatic N) is 5. The number of carbonyl (C=O) groups excluding carboxylic acids is 2. The van der Waals surface area contributed by atoms with Gasteiger partial charge in [0, 0.05) is 54.3 Å². The molecule has 1 saturated carbocycles. The van der Waals surface area contributed by atoms with Crippen LogP contribution in [0.5, 0.6) is 5.75 Å². The minimum absolute atomic E-state index is 0.0124. The molecule has 9 rings (SSSR count). The number of aromatic nitrogens is 3. The lowest BCUT2D eigenvalue weighted by molar-refractivity contribution is -0.0357. The molecule has 3 saturated heterocycles. The van der Waals surface area contributed by atoms with Gasteiger partial charge in [-0.2, -0.15) is 5.10 Å². The molecule has 4 atom stereocenters. The van der Waals surface area contributed by atoms with E-state index in [0.29, 0.717) is 43.0 Å². The number of likely N-dealkylation sites (N-methyl/N-ethyl adjacent to an activating group) is 1. The average molecular weight is 767 g/mol. The Morgan fingerprint density at radius 1 is 1.04 bits per heavy atom. The third-order valence-electron chi connectivity index (χ3n) is 13.1. The number of rotatable bonds is 9. The normalized spacial score (nSPS) is 22.2. The van der Waals surface area contributed by atoms with Crippen molar-refractivity contribution in [1.82, 2.24) is 28.9 Å². The summed E-state index contributed by atoms with van der Waals surface area (Å²) in [5.74, 6) is 0.846. The molecule has 12 heteroatoms. The third-order valence-corrected chi connectivity index (χ3v) is 14.9. The fraction of sp³-hybridized carbons (Fsp3) is 0.512. The van der Waals surface area contributed by atoms with Crippen LogP contribution in [0.4, 0.5) is 0 Å². The fourth-order valence-corrected chi connectivity index (χ4v) is 10.9. The molecule has 1 aliphatic carbocycles. The fourth-order valence-electron chi connectivity index (χ4n) is 9.85. The Morgan fingerprint density at radius 3 is 2.53 bits per heavy atom. The predicted octanol–water partition coefficient (Wildman–Crippen LogP) is 7.07. The molecule has 292 valence electrons. The Morgan fingerprint density at radius 2 is 1.82 bits per heavy atom. The van der Waals surface area contributed by atoms with Crippen molar-refractivity contribution in [2.24, 2.45) is 13.0 Å². The number of aryl methyl sites for hydroxylation is 1. The molecule has 1 N–H and O–H groups in total. The van der Waals surface area contributed by atoms with Crippen LogP contribution in [0.25, 0.3) is 33.8 Å². The van der Waals surface area contributed by atoms with Crippen molar-refractivity contribution < 1.29 is 22.7 Å². The number of benzene rings is 2. The zero-order valence-corrected chi connectivity index (χ0v) is 33.8. The zero-order valence-electron chi connectivity index (χ0n) is 33.0. The summed E-state index contributed by atoms with van der Waals surface area (Å²) in [5, 5.41) is 5.06. The first-order valence-corrected chi connectivity index (χ1v) is 21.7. The molecular weight excluding hydrogens is 713 g/mol. The van der Waals surface area contributed by atoms with E-state index in [-0.39, 0.29) is 17.5 Å². The van der Waals surface area contributed by atoms with E-state index in [1.54, 1.807) is 33.2 Å². The molecule has 4 aliphatic heterocycles. The average Bonchev–Trinajstić information content (AvgIpc) is 3.68. The van der Waals surface area contributed by atoms with Gasteiger partial charge in [-0.1, -0.05) is 46.1 Å². The lowest BCUT2D eigenvalue weighted by Gasteiger charge is -2.54. The van der Waals surface area contributed by atoms with Crippen LogP contribution in [-0.4, -0.2) is 88.5 Å². The van der Waals surface area contributed by atoms with Gasteiger partial charge in [-0.25, -0.2) is 13.1 Å². The highest BCUT2D eigenvalue weighted by Gasteiger charge is 2.45. The number of piperidine rings is 2. The standard InChI is InChI=1S/C43H54N6O5S/c1-7-27(4)55(52,53)45-42(50)29-14-16-35-37(21-29)48-23-31(19-30-20-33(54-6)15-17-34(30)41(48)39(35)28-12-10-9-11-13-28)40-36(22-44-46(40)5)43(51)49-24-32-18-26(3)38(49)25-47(32)8-2/h14-17,19-22,26-28,32,38H,7-13,18,23-25H2,1-6H3,(H,45,50). The van der Waals surface area contributed by atoms with Gasteiger partial charge in [0.05, 0.1) is 42.1 Å². The van der Waals surface area contributed by atoms with Crippen molar-refractivity contribution in [3.05, 3.63) is 70.5 Å². The van der Waals surface area contributed by atoms with Crippen molar-refractivity contribution in [3.8, 4) is 17.0 Å². The molecule has 4 unspecified atom stereocenters. The number of amides is 2. The first-order valence-electron chi connectivity index (χ1n) is 20.1. The first kappa shape index (κ1) is 37.5. The minimum Gasteiger partial charge on any atom is -0.497 e. The number of fused-ring (bicyclic) bond motifs is 8. The summed E-state index contributed by atoms with van der Waals surface area (Å²) in [5.41, 5.74) is 7.79. The maximum absolute atomic E-state index is 14.7. The van der Waals surface area contributed by atoms with Gasteiger partial charge in [0.25, 0.3) is 11.8 Å². The van der Waals surface area contributed by atoms with Crippen LogP contribution in [0.15, 0.2) is 42.6 Å². The van der Waals surface area contributed by atoms with E-state index in [2.05, 4.69) is 51.1 Å². The summed E-state index contributed by atoms with van der Waals surface area (Å²) in [6.45, 7) is 10.9. The van der Waals surface area contributed by atoms with E-state index in [4.69, 9.17) is 9.84 Å². The Labute approximate surface area is 324 Å². The number of carbonyl (C=O) groups is 2. The van der Waals surface area contributed by atoms with Crippen molar-refractivity contribution in [2.75, 3.05) is 26.7 Å². The maximum atomic E-state index is 14.7. The van der Waals surface area contributed by atoms with Crippen molar-refractivity contribution in [3.63, 3.8) is 0 Å². The van der Waals surface area contributed by atoms with Gasteiger partial charge in [0.2, 0.25) is 10.0 Å². The van der Waals surface area contributed by atoms with Gasteiger partial charge >= 0.3 is 0 Å². The molecule has 2 amide bonds. The molecule has 0 spiro atoms. The van der Waals surface area contributed by atoms with Crippen molar-refractivity contribution in [1.29, 1.82) is 0 Å². The molecule has 2 aromatic carbocycles. The van der Waals surface area contributed by atoms with E-state index in [9.17, 15) is 18.0 Å². The Balaban J connectivity index is 1.29. The van der Waals surface area contributed by atoms with E-state index >= 15 is 0 Å². The van der Waals surface area contributed by atoms with Gasteiger partial charge in [-0.05, 0) is 104 Å². The smallest absolute Gasteiger partial charge is 0.264 e. The summed E-state index contributed by atoms with van der Waals surface area (Å²) in [6, 6.07) is 12.3. The van der Waals surface area contributed by atoms with E-state index in [1.165, 1.54) is 12.0 Å². The topological polar surface area (TPSA) is 119 Å². The van der Waals surface area contributed by atoms with Crippen LogP contribution in [0.3, 0.4) is 0 Å². The van der Waals surface area contributed by atoms with Gasteiger partial charge in [0.1, 0.15) is 5.75 Å². The molecular formula is C43H54N6O5S. The molecule has 11 nitrogen and oxygen atoms in total. The highest BCUT2D eigenvalue weighted by Crippen LogP contribution is 2.48. The van der Waals surface area contributed by atoms with Crippen LogP contribution in [0.1, 0.15) is 116 Å².